The van der Waals surface area contributed by atoms with Crippen LogP contribution < -0.4 is 4.74 Å². The third-order valence-electron chi connectivity index (χ3n) is 6.92. The third-order valence-corrected chi connectivity index (χ3v) is 7.29. The zero-order valence-electron chi connectivity index (χ0n) is 17.6. The maximum Gasteiger partial charge on any atom is 0.184 e. The maximum absolute atomic E-state index is 14.4. The Labute approximate surface area is 175 Å². The van der Waals surface area contributed by atoms with Crippen LogP contribution in [0.1, 0.15) is 90.0 Å². The molecule has 0 aromatic heterocycles. The average Bonchev–Trinajstić information content (AvgIpc) is 2.73. The SMILES string of the molecule is CCCCCC1CCC(C2CC=C(c3ccc(OCC)c(F)c3Cl)CC2)CC1. The summed E-state index contributed by atoms with van der Waals surface area (Å²) in [5, 5.41) is 0.211. The first-order valence-electron chi connectivity index (χ1n) is 11.4. The van der Waals surface area contributed by atoms with Crippen molar-refractivity contribution in [3.8, 4) is 5.75 Å². The second-order valence-electron chi connectivity index (χ2n) is 8.71. The summed E-state index contributed by atoms with van der Waals surface area (Å²) < 4.78 is 19.8. The molecule has 3 rings (SSSR count). The van der Waals surface area contributed by atoms with Crippen molar-refractivity contribution in [2.24, 2.45) is 17.8 Å². The molecule has 0 saturated heterocycles. The highest BCUT2D eigenvalue weighted by molar-refractivity contribution is 6.32. The van der Waals surface area contributed by atoms with E-state index in [0.29, 0.717) is 6.61 Å². The minimum absolute atomic E-state index is 0.211. The van der Waals surface area contributed by atoms with E-state index < -0.39 is 5.82 Å². The van der Waals surface area contributed by atoms with E-state index in [0.717, 1.165) is 36.2 Å². The van der Waals surface area contributed by atoms with E-state index in [-0.39, 0.29) is 10.8 Å². The van der Waals surface area contributed by atoms with Gasteiger partial charge in [0, 0.05) is 0 Å². The minimum atomic E-state index is -0.426. The molecule has 0 radical (unpaired) electrons. The third kappa shape index (κ3) is 5.32. The van der Waals surface area contributed by atoms with E-state index >= 15 is 0 Å². The molecule has 0 amide bonds. The number of ether oxygens (including phenoxy) is 1. The van der Waals surface area contributed by atoms with Gasteiger partial charge in [-0.05, 0) is 80.1 Å². The maximum atomic E-state index is 14.4. The molecule has 1 aromatic carbocycles. The molecule has 1 atom stereocenters. The second-order valence-corrected chi connectivity index (χ2v) is 9.09. The van der Waals surface area contributed by atoms with Gasteiger partial charge in [0.25, 0.3) is 0 Å². The Morgan fingerprint density at radius 1 is 1.04 bits per heavy atom. The minimum Gasteiger partial charge on any atom is -0.491 e. The monoisotopic (exact) mass is 406 g/mol. The summed E-state index contributed by atoms with van der Waals surface area (Å²) in [6, 6.07) is 3.64. The van der Waals surface area contributed by atoms with E-state index in [1.165, 1.54) is 63.4 Å². The fraction of sp³-hybridized carbons (Fsp3) is 0.680. The molecule has 3 heteroatoms. The number of halogens is 2. The Morgan fingerprint density at radius 2 is 1.82 bits per heavy atom. The zero-order valence-corrected chi connectivity index (χ0v) is 18.4. The van der Waals surface area contributed by atoms with Crippen LogP contribution in [0.5, 0.6) is 5.75 Å². The van der Waals surface area contributed by atoms with E-state index in [9.17, 15) is 4.39 Å². The lowest BCUT2D eigenvalue weighted by Crippen LogP contribution is -2.23. The van der Waals surface area contributed by atoms with Crippen LogP contribution in [0, 0.1) is 23.6 Å². The molecular weight excluding hydrogens is 371 g/mol. The van der Waals surface area contributed by atoms with Gasteiger partial charge < -0.3 is 4.74 Å². The molecule has 28 heavy (non-hydrogen) atoms. The highest BCUT2D eigenvalue weighted by Gasteiger charge is 2.29. The lowest BCUT2D eigenvalue weighted by atomic mass is 9.70. The quantitative estimate of drug-likeness (QED) is 0.393. The molecule has 1 nitrogen and oxygen atoms in total. The zero-order chi connectivity index (χ0) is 19.9. The molecule has 1 saturated carbocycles. The Kier molecular flexibility index (Phi) is 8.26. The summed E-state index contributed by atoms with van der Waals surface area (Å²) in [6.45, 7) is 4.58. The topological polar surface area (TPSA) is 9.23 Å². The summed E-state index contributed by atoms with van der Waals surface area (Å²) in [7, 11) is 0. The molecule has 0 N–H and O–H groups in total. The van der Waals surface area contributed by atoms with Crippen molar-refractivity contribution in [3.05, 3.63) is 34.6 Å². The molecule has 1 aromatic rings. The summed E-state index contributed by atoms with van der Waals surface area (Å²) >= 11 is 6.32. The van der Waals surface area contributed by atoms with E-state index in [1.54, 1.807) is 6.07 Å². The van der Waals surface area contributed by atoms with Gasteiger partial charge in [0.1, 0.15) is 0 Å². The van der Waals surface area contributed by atoms with Crippen LogP contribution in [0.4, 0.5) is 4.39 Å². The molecule has 0 heterocycles. The summed E-state index contributed by atoms with van der Waals surface area (Å²) in [6.07, 6.45) is 16.9. The number of hydrogen-bond acceptors (Lipinski definition) is 1. The fourth-order valence-corrected chi connectivity index (χ4v) is 5.48. The molecule has 2 aliphatic carbocycles. The normalized spacial score (nSPS) is 25.4. The molecule has 0 spiro atoms. The van der Waals surface area contributed by atoms with Gasteiger partial charge >= 0.3 is 0 Å². The fourth-order valence-electron chi connectivity index (χ4n) is 5.21. The van der Waals surface area contributed by atoms with Crippen LogP contribution in [0.3, 0.4) is 0 Å². The number of hydrogen-bond donors (Lipinski definition) is 0. The molecule has 0 aliphatic heterocycles. The van der Waals surface area contributed by atoms with Crippen molar-refractivity contribution >= 4 is 17.2 Å². The summed E-state index contributed by atoms with van der Waals surface area (Å²) in [5.41, 5.74) is 2.05. The van der Waals surface area contributed by atoms with Gasteiger partial charge in [-0.3, -0.25) is 0 Å². The van der Waals surface area contributed by atoms with Crippen molar-refractivity contribution in [3.63, 3.8) is 0 Å². The van der Waals surface area contributed by atoms with Crippen molar-refractivity contribution in [1.29, 1.82) is 0 Å². The van der Waals surface area contributed by atoms with Crippen LogP contribution in [0.25, 0.3) is 5.57 Å². The Balaban J connectivity index is 1.55. The largest absolute Gasteiger partial charge is 0.491 e. The van der Waals surface area contributed by atoms with Crippen molar-refractivity contribution in [2.45, 2.75) is 84.5 Å². The molecule has 1 fully saturated rings. The summed E-state index contributed by atoms with van der Waals surface area (Å²) in [5.74, 6) is 2.48. The molecule has 1 unspecified atom stereocenters. The highest BCUT2D eigenvalue weighted by atomic mass is 35.5. The first-order chi connectivity index (χ1) is 13.6. The smallest absolute Gasteiger partial charge is 0.184 e. The van der Waals surface area contributed by atoms with E-state index in [1.807, 2.05) is 13.0 Å². The highest BCUT2D eigenvalue weighted by Crippen LogP contribution is 2.43. The van der Waals surface area contributed by atoms with Crippen LogP contribution >= 0.6 is 11.6 Å². The van der Waals surface area contributed by atoms with Crippen molar-refractivity contribution < 1.29 is 9.13 Å². The molecular formula is C25H36ClFO. The number of rotatable bonds is 8. The average molecular weight is 407 g/mol. The van der Waals surface area contributed by atoms with Gasteiger partial charge in [0.2, 0.25) is 0 Å². The van der Waals surface area contributed by atoms with Crippen LogP contribution in [0.2, 0.25) is 5.02 Å². The number of allylic oxidation sites excluding steroid dienone is 2. The van der Waals surface area contributed by atoms with E-state index in [2.05, 4.69) is 13.0 Å². The molecule has 156 valence electrons. The van der Waals surface area contributed by atoms with Gasteiger partial charge in [-0.2, -0.15) is 0 Å². The van der Waals surface area contributed by atoms with Crippen molar-refractivity contribution in [1.82, 2.24) is 0 Å². The van der Waals surface area contributed by atoms with E-state index in [4.69, 9.17) is 16.3 Å². The number of benzene rings is 1. The van der Waals surface area contributed by atoms with Gasteiger partial charge in [-0.15, -0.1) is 0 Å². The van der Waals surface area contributed by atoms with Crippen LogP contribution in [-0.2, 0) is 0 Å². The summed E-state index contributed by atoms with van der Waals surface area (Å²) in [4.78, 5) is 0. The van der Waals surface area contributed by atoms with Gasteiger partial charge in [-0.1, -0.05) is 63.1 Å². The first-order valence-corrected chi connectivity index (χ1v) is 11.8. The van der Waals surface area contributed by atoms with Gasteiger partial charge in [0.05, 0.1) is 11.6 Å². The Bertz CT molecular complexity index is 661. The number of unbranched alkanes of at least 4 members (excludes halogenated alkanes) is 2. The lowest BCUT2D eigenvalue weighted by molar-refractivity contribution is 0.187. The second kappa shape index (κ2) is 10.7. The molecule has 0 bridgehead atoms. The standard InChI is InChI=1S/C25H36ClFO/c1-3-5-6-7-18-8-10-19(11-9-18)20-12-14-21(15-13-20)22-16-17-23(28-4-2)25(27)24(22)26/h14,16-20H,3-13,15H2,1-2H3. The van der Waals surface area contributed by atoms with Crippen molar-refractivity contribution in [2.75, 3.05) is 6.61 Å². The van der Waals surface area contributed by atoms with Gasteiger partial charge in [0.15, 0.2) is 11.6 Å². The predicted molar refractivity (Wildman–Crippen MR) is 117 cm³/mol. The predicted octanol–water partition coefficient (Wildman–Crippen LogP) is 8.45. The van der Waals surface area contributed by atoms with Crippen LogP contribution in [0.15, 0.2) is 18.2 Å². The van der Waals surface area contributed by atoms with Crippen LogP contribution in [-0.4, -0.2) is 6.61 Å². The van der Waals surface area contributed by atoms with Gasteiger partial charge in [-0.25, -0.2) is 4.39 Å². The first kappa shape index (κ1) is 21.7. The Hall–Kier alpha value is -1.02. The lowest BCUT2D eigenvalue weighted by Gasteiger charge is -2.35. The molecule has 2 aliphatic rings. The Morgan fingerprint density at radius 3 is 2.46 bits per heavy atom.